The van der Waals surface area contributed by atoms with Crippen molar-refractivity contribution >= 4 is 28.9 Å². The van der Waals surface area contributed by atoms with E-state index in [-0.39, 0.29) is 18.7 Å². The third-order valence-electron chi connectivity index (χ3n) is 5.89. The predicted molar refractivity (Wildman–Crippen MR) is 122 cm³/mol. The molecule has 0 fully saturated rings. The topological polar surface area (TPSA) is 64.4 Å². The molecule has 1 aliphatic heterocycles. The highest BCUT2D eigenvalue weighted by molar-refractivity contribution is 6.08. The number of nitrogens with zero attached hydrogens (tertiary/aromatic N) is 3. The number of rotatable bonds is 5. The Morgan fingerprint density at radius 3 is 2.45 bits per heavy atom. The van der Waals surface area contributed by atoms with E-state index in [0.29, 0.717) is 17.0 Å². The molecule has 1 amide bonds. The molecular weight excluding hydrogens is 421 g/mol. The van der Waals surface area contributed by atoms with E-state index in [1.54, 1.807) is 29.7 Å². The normalized spacial score (nSPS) is 17.8. The van der Waals surface area contributed by atoms with Crippen molar-refractivity contribution in [3.63, 3.8) is 0 Å². The minimum Gasteiger partial charge on any atom is -0.465 e. The highest BCUT2D eigenvalue weighted by atomic mass is 19.1. The second-order valence-electron chi connectivity index (χ2n) is 7.88. The Morgan fingerprint density at radius 2 is 1.70 bits per heavy atom. The molecule has 3 aromatic carbocycles. The van der Waals surface area contributed by atoms with Gasteiger partial charge in [-0.05, 0) is 30.7 Å². The maximum Gasteiger partial charge on any atom is 0.321 e. The number of carbonyl (C=O) groups excluding carboxylic acids is 2. The summed E-state index contributed by atoms with van der Waals surface area (Å²) in [5, 5.41) is 0. The summed E-state index contributed by atoms with van der Waals surface area (Å²) >= 11 is 0. The number of hydrogen-bond acceptors (Lipinski definition) is 4. The molecule has 7 heteroatoms. The molecule has 0 bridgehead atoms. The standard InChI is InChI=1S/C26H22FN3O3/c1-2-33-25(32)22-23(18-12-6-7-13-19(18)27)30-21-15-9-8-14-20(21)28-26(30)29(24(22)31)16-17-10-4-3-5-11-17/h3-15,22-23H,2,16H2,1H3/t22-,23-/m1/s1. The van der Waals surface area contributed by atoms with Crippen LogP contribution in [0.2, 0.25) is 0 Å². The van der Waals surface area contributed by atoms with Gasteiger partial charge in [0.15, 0.2) is 5.92 Å². The number of aromatic nitrogens is 2. The molecule has 1 aliphatic rings. The fourth-order valence-electron chi connectivity index (χ4n) is 4.46. The molecule has 0 N–H and O–H groups in total. The number of para-hydroxylation sites is 2. The molecule has 0 radical (unpaired) electrons. The number of carbonyl (C=O) groups is 2. The lowest BCUT2D eigenvalue weighted by Crippen LogP contribution is -2.50. The molecule has 6 nitrogen and oxygen atoms in total. The summed E-state index contributed by atoms with van der Waals surface area (Å²) < 4.78 is 22.2. The zero-order valence-electron chi connectivity index (χ0n) is 18.0. The number of ether oxygens (including phenoxy) is 1. The van der Waals surface area contributed by atoms with Crippen molar-refractivity contribution in [3.8, 4) is 0 Å². The molecule has 0 unspecified atom stereocenters. The van der Waals surface area contributed by atoms with Crippen molar-refractivity contribution in [3.05, 3.63) is 95.8 Å². The molecule has 4 aromatic rings. The Bertz CT molecular complexity index is 1340. The number of fused-ring (bicyclic) bond motifs is 3. The first kappa shape index (κ1) is 20.9. The van der Waals surface area contributed by atoms with E-state index < -0.39 is 29.7 Å². The van der Waals surface area contributed by atoms with Crippen molar-refractivity contribution in [2.75, 3.05) is 11.5 Å². The van der Waals surface area contributed by atoms with E-state index in [2.05, 4.69) is 0 Å². The van der Waals surface area contributed by atoms with Crippen molar-refractivity contribution in [1.82, 2.24) is 9.55 Å². The maximum absolute atomic E-state index is 15.1. The van der Waals surface area contributed by atoms with Crippen LogP contribution >= 0.6 is 0 Å². The van der Waals surface area contributed by atoms with Crippen LogP contribution in [0.3, 0.4) is 0 Å². The van der Waals surface area contributed by atoms with Gasteiger partial charge in [0.2, 0.25) is 11.9 Å². The third kappa shape index (κ3) is 3.55. The van der Waals surface area contributed by atoms with Gasteiger partial charge >= 0.3 is 5.97 Å². The van der Waals surface area contributed by atoms with Gasteiger partial charge in [-0.2, -0.15) is 0 Å². The highest BCUT2D eigenvalue weighted by Gasteiger charge is 2.48. The predicted octanol–water partition coefficient (Wildman–Crippen LogP) is 4.49. The number of imidazole rings is 1. The number of amides is 1. The number of hydrogen-bond donors (Lipinski definition) is 0. The Hall–Kier alpha value is -4.00. The van der Waals surface area contributed by atoms with Crippen molar-refractivity contribution < 1.29 is 18.7 Å². The van der Waals surface area contributed by atoms with Gasteiger partial charge in [0.1, 0.15) is 5.82 Å². The second kappa shape index (κ2) is 8.50. The Balaban J connectivity index is 1.77. The van der Waals surface area contributed by atoms with Crippen molar-refractivity contribution in [2.24, 2.45) is 5.92 Å². The molecule has 33 heavy (non-hydrogen) atoms. The minimum atomic E-state index is -1.25. The van der Waals surface area contributed by atoms with E-state index in [1.165, 1.54) is 11.0 Å². The van der Waals surface area contributed by atoms with Crippen LogP contribution in [0.1, 0.15) is 24.1 Å². The van der Waals surface area contributed by atoms with Crippen LogP contribution in [0.4, 0.5) is 10.3 Å². The average molecular weight is 443 g/mol. The first-order valence-electron chi connectivity index (χ1n) is 10.8. The maximum atomic E-state index is 15.1. The molecule has 2 atom stereocenters. The zero-order valence-corrected chi connectivity index (χ0v) is 18.0. The van der Waals surface area contributed by atoms with Crippen LogP contribution < -0.4 is 4.90 Å². The first-order valence-corrected chi connectivity index (χ1v) is 10.8. The summed E-state index contributed by atoms with van der Waals surface area (Å²) in [5.74, 6) is -2.52. The molecule has 5 rings (SSSR count). The smallest absolute Gasteiger partial charge is 0.321 e. The van der Waals surface area contributed by atoms with Gasteiger partial charge < -0.3 is 9.30 Å². The summed E-state index contributed by atoms with van der Waals surface area (Å²) in [6.45, 7) is 2.02. The van der Waals surface area contributed by atoms with Crippen LogP contribution in [0.25, 0.3) is 11.0 Å². The van der Waals surface area contributed by atoms with E-state index in [0.717, 1.165) is 5.56 Å². The van der Waals surface area contributed by atoms with E-state index in [4.69, 9.17) is 9.72 Å². The Labute approximate surface area is 190 Å². The van der Waals surface area contributed by atoms with Gasteiger partial charge in [0.05, 0.1) is 30.2 Å². The van der Waals surface area contributed by atoms with Crippen molar-refractivity contribution in [1.29, 1.82) is 0 Å². The largest absolute Gasteiger partial charge is 0.465 e. The van der Waals surface area contributed by atoms with Gasteiger partial charge in [-0.3, -0.25) is 14.5 Å². The molecule has 0 spiro atoms. The second-order valence-corrected chi connectivity index (χ2v) is 7.88. The Kier molecular flexibility index (Phi) is 5.38. The fourth-order valence-corrected chi connectivity index (χ4v) is 4.46. The SMILES string of the molecule is CCOC(=O)[C@H]1C(=O)N(Cc2ccccc2)c2nc3ccccc3n2[C@@H]1c1ccccc1F. The highest BCUT2D eigenvalue weighted by Crippen LogP contribution is 2.42. The summed E-state index contributed by atoms with van der Waals surface area (Å²) in [7, 11) is 0. The van der Waals surface area contributed by atoms with Crippen LogP contribution in [-0.2, 0) is 20.9 Å². The monoisotopic (exact) mass is 443 g/mol. The van der Waals surface area contributed by atoms with Crippen LogP contribution in [-0.4, -0.2) is 28.0 Å². The molecule has 166 valence electrons. The van der Waals surface area contributed by atoms with Crippen LogP contribution in [0.15, 0.2) is 78.9 Å². The van der Waals surface area contributed by atoms with E-state index >= 15 is 4.39 Å². The van der Waals surface area contributed by atoms with Crippen LogP contribution in [0, 0.1) is 11.7 Å². The Morgan fingerprint density at radius 1 is 1.00 bits per heavy atom. The van der Waals surface area contributed by atoms with Gasteiger partial charge in [0, 0.05) is 5.56 Å². The summed E-state index contributed by atoms with van der Waals surface area (Å²) in [6.07, 6.45) is 0. The summed E-state index contributed by atoms with van der Waals surface area (Å²) in [5.41, 5.74) is 2.49. The fraction of sp³-hybridized carbons (Fsp3) is 0.192. The lowest BCUT2D eigenvalue weighted by Gasteiger charge is -2.38. The zero-order chi connectivity index (χ0) is 22.9. The molecule has 1 aromatic heterocycles. The van der Waals surface area contributed by atoms with E-state index in [1.807, 2.05) is 54.6 Å². The quantitative estimate of drug-likeness (QED) is 0.337. The molecular formula is C26H22FN3O3. The third-order valence-corrected chi connectivity index (χ3v) is 5.89. The molecule has 0 saturated heterocycles. The lowest BCUT2D eigenvalue weighted by atomic mass is 9.89. The van der Waals surface area contributed by atoms with Crippen molar-refractivity contribution in [2.45, 2.75) is 19.5 Å². The number of anilines is 1. The van der Waals surface area contributed by atoms with Gasteiger partial charge in [-0.15, -0.1) is 0 Å². The van der Waals surface area contributed by atoms with Gasteiger partial charge in [-0.1, -0.05) is 60.7 Å². The number of halogens is 1. The summed E-state index contributed by atoms with van der Waals surface area (Å²) in [6, 6.07) is 22.2. The summed E-state index contributed by atoms with van der Waals surface area (Å²) in [4.78, 5) is 33.2. The van der Waals surface area contributed by atoms with Gasteiger partial charge in [-0.25, -0.2) is 9.37 Å². The van der Waals surface area contributed by atoms with Gasteiger partial charge in [0.25, 0.3) is 0 Å². The number of benzene rings is 3. The average Bonchev–Trinajstić information content (AvgIpc) is 3.21. The van der Waals surface area contributed by atoms with Crippen LogP contribution in [0.5, 0.6) is 0 Å². The molecule has 0 aliphatic carbocycles. The molecule has 0 saturated carbocycles. The number of esters is 1. The minimum absolute atomic E-state index is 0.114. The first-order chi connectivity index (χ1) is 16.1. The lowest BCUT2D eigenvalue weighted by molar-refractivity contribution is -0.153. The van der Waals surface area contributed by atoms with E-state index in [9.17, 15) is 9.59 Å². The molecule has 2 heterocycles.